The molecule has 12 rings (SSSR count). The summed E-state index contributed by atoms with van der Waals surface area (Å²) in [5, 5.41) is 103. The smallest absolute Gasteiger partial charge is 0.248 e. The lowest BCUT2D eigenvalue weighted by Crippen LogP contribution is -2.55. The zero-order chi connectivity index (χ0) is 69.9. The highest BCUT2D eigenvalue weighted by Gasteiger charge is 2.40. The summed E-state index contributed by atoms with van der Waals surface area (Å²) in [4.78, 5) is 105. The van der Waals surface area contributed by atoms with Crippen molar-refractivity contribution in [1.29, 1.82) is 0 Å². The number of amides is 7. The monoisotopic (exact) mass is 1380 g/mol. The number of hydrogen-bond donors (Lipinski definition) is 18. The van der Waals surface area contributed by atoms with E-state index in [1.54, 1.807) is 0 Å². The second kappa shape index (κ2) is 31.5. The van der Waals surface area contributed by atoms with Gasteiger partial charge < -0.3 is 109 Å². The van der Waals surface area contributed by atoms with Crippen molar-refractivity contribution in [1.82, 2.24) is 47.9 Å². The maximum Gasteiger partial charge on any atom is 0.248 e. The normalized spacial score (nSPS) is 19.6. The number of hydrogen-bond acceptors (Lipinski definition) is 21. The lowest BCUT2D eigenvalue weighted by Gasteiger charge is -2.30. The van der Waals surface area contributed by atoms with Gasteiger partial charge in [-0.1, -0.05) is 53.5 Å². The molecule has 0 aliphatic carbocycles. The quantitative estimate of drug-likeness (QED) is 0.0548. The molecule has 13 bridgehead atoms. The van der Waals surface area contributed by atoms with Crippen LogP contribution >= 0.6 is 23.2 Å². The Morgan fingerprint density at radius 1 is 0.510 bits per heavy atom. The van der Waals surface area contributed by atoms with Crippen LogP contribution in [0.2, 0.25) is 10.0 Å². The van der Waals surface area contributed by atoms with Crippen LogP contribution in [0.25, 0.3) is 0 Å². The van der Waals surface area contributed by atoms with Gasteiger partial charge in [0.2, 0.25) is 47.1 Å². The van der Waals surface area contributed by atoms with Crippen LogP contribution in [0.15, 0.2) is 127 Å². The van der Waals surface area contributed by atoms with Crippen molar-refractivity contribution >= 4 is 64.6 Å². The summed E-state index contributed by atoms with van der Waals surface area (Å²) in [6.07, 6.45) is 0.665. The van der Waals surface area contributed by atoms with E-state index in [4.69, 9.17) is 48.9 Å². The molecule has 7 amide bonds. The van der Waals surface area contributed by atoms with E-state index in [9.17, 15) is 50.1 Å². The topological polar surface area (TPSA) is 449 Å². The standard InChI is InChI=1S/C68H71Cl2N11O17/c69-45-21-33-5-13-49(45)97-52-29-39-30-53(61(52)88)98-50-14-9-36(27-46(50)70)60(87)59(68(95)79-56(37-23-41(83)31-42(84)24-37)64(91)75-20-4-19-74-17-2-1-16-73-18-3-15-71)81-65(92)55(34-6-10-40(82)11-7-34)78-67(94)58(39)80-66(93)57-38-25-43(85)32-44(26-38)96-51-28-35(8-12-48(51)86)54(72)63(90)76-47(22-33)62(89)77-57/h5-14,21,23-32,47,54-60,73-74,82-88H,1-4,15-20,22,71-72H2,(H,75,91)(H,76,90)(H,77,89)(H,78,94)(H,79,95)(H,80,93)(H,81,92). The first-order chi connectivity index (χ1) is 47.0. The number of nitrogens with two attached hydrogens (primary N) is 2. The van der Waals surface area contributed by atoms with E-state index in [1.807, 2.05) is 0 Å². The molecule has 0 fully saturated rings. The molecular formula is C68H71Cl2N11O17. The fraction of sp³-hybridized carbons (Fsp3) is 0.279. The molecule has 7 aromatic rings. The summed E-state index contributed by atoms with van der Waals surface area (Å²) in [6.45, 7) is 3.52. The SMILES string of the molecule is NCCCNCCCCNCCCNC(=O)C(NC(=O)C1NC(=O)C(c2ccc(O)cc2)NC(=O)C2NC(=O)C3NC(=O)C(Cc4ccc(c(Cl)c4)Oc4cc2cc(c4O)Oc2ccc(cc2Cl)C1O)NC(=O)C(N)c1ccc(O)c(c1)Oc1cc(O)cc3c1)c1cc(O)cc(O)c1. The van der Waals surface area contributed by atoms with Crippen molar-refractivity contribution in [3.8, 4) is 69.0 Å². The van der Waals surface area contributed by atoms with Gasteiger partial charge in [0.05, 0.1) is 10.0 Å². The molecule has 0 saturated carbocycles. The highest BCUT2D eigenvalue weighted by molar-refractivity contribution is 6.32. The first kappa shape index (κ1) is 70.2. The summed E-state index contributed by atoms with van der Waals surface area (Å²) in [7, 11) is 0. The molecule has 514 valence electrons. The Balaban J connectivity index is 1.06. The van der Waals surface area contributed by atoms with Gasteiger partial charge >= 0.3 is 0 Å². The zero-order valence-electron chi connectivity index (χ0n) is 52.1. The molecular weight excluding hydrogens is 1310 g/mol. The molecule has 5 heterocycles. The number of halogens is 2. The minimum Gasteiger partial charge on any atom is -0.508 e. The molecule has 0 radical (unpaired) electrons. The molecule has 7 aromatic carbocycles. The molecule has 8 unspecified atom stereocenters. The van der Waals surface area contributed by atoms with E-state index in [2.05, 4.69) is 47.9 Å². The number of ether oxygens (including phenoxy) is 3. The Morgan fingerprint density at radius 2 is 1.06 bits per heavy atom. The van der Waals surface area contributed by atoms with Crippen molar-refractivity contribution < 1.29 is 83.5 Å². The summed E-state index contributed by atoms with van der Waals surface area (Å²) in [5.41, 5.74) is 11.6. The van der Waals surface area contributed by atoms with Crippen molar-refractivity contribution in [2.45, 2.75) is 80.5 Å². The van der Waals surface area contributed by atoms with E-state index >= 15 is 19.2 Å². The third-order valence-electron chi connectivity index (χ3n) is 16.2. The van der Waals surface area contributed by atoms with Crippen molar-refractivity contribution in [3.05, 3.63) is 176 Å². The van der Waals surface area contributed by atoms with Crippen LogP contribution in [0, 0.1) is 0 Å². The molecule has 0 spiro atoms. The Kier molecular flexibility index (Phi) is 22.6. The number of phenolic OH excluding ortho intramolecular Hbond substituents is 6. The Bertz CT molecular complexity index is 4150. The number of carbonyl (C=O) groups is 7. The van der Waals surface area contributed by atoms with Gasteiger partial charge in [0.25, 0.3) is 0 Å². The highest BCUT2D eigenvalue weighted by Crippen LogP contribution is 2.47. The maximum atomic E-state index is 15.7. The number of rotatable bonds is 17. The number of unbranched alkanes of at least 4 members (excludes halogenated alkanes) is 1. The number of nitrogens with one attached hydrogen (secondary N) is 9. The molecule has 30 heteroatoms. The van der Waals surface area contributed by atoms with Gasteiger partial charge in [0.15, 0.2) is 23.0 Å². The maximum absolute atomic E-state index is 15.7. The van der Waals surface area contributed by atoms with Crippen LogP contribution in [0.3, 0.4) is 0 Å². The summed E-state index contributed by atoms with van der Waals surface area (Å²) in [6, 6.07) is 12.3. The van der Waals surface area contributed by atoms with Crippen molar-refractivity contribution in [2.75, 3.05) is 39.3 Å². The number of aliphatic hydroxyl groups excluding tert-OH is 1. The van der Waals surface area contributed by atoms with E-state index in [0.717, 1.165) is 86.9 Å². The third-order valence-corrected chi connectivity index (χ3v) is 16.8. The van der Waals surface area contributed by atoms with Crippen LogP contribution < -0.4 is 73.5 Å². The van der Waals surface area contributed by atoms with Gasteiger partial charge in [-0.25, -0.2) is 0 Å². The highest BCUT2D eigenvalue weighted by atomic mass is 35.5. The van der Waals surface area contributed by atoms with Crippen LogP contribution in [0.5, 0.6) is 69.0 Å². The fourth-order valence-electron chi connectivity index (χ4n) is 11.1. The number of aliphatic hydroxyl groups is 1. The van der Waals surface area contributed by atoms with Crippen molar-refractivity contribution in [3.63, 3.8) is 0 Å². The zero-order valence-corrected chi connectivity index (χ0v) is 53.7. The van der Waals surface area contributed by atoms with Gasteiger partial charge in [0.1, 0.15) is 88.6 Å². The van der Waals surface area contributed by atoms with E-state index in [-0.39, 0.29) is 85.1 Å². The summed E-state index contributed by atoms with van der Waals surface area (Å²) >= 11 is 13.8. The van der Waals surface area contributed by atoms with Gasteiger partial charge in [-0.3, -0.25) is 33.6 Å². The van der Waals surface area contributed by atoms with Crippen molar-refractivity contribution in [2.24, 2.45) is 11.5 Å². The van der Waals surface area contributed by atoms with Gasteiger partial charge in [0, 0.05) is 25.1 Å². The average Bonchev–Trinajstić information content (AvgIpc) is 0.786. The minimum absolute atomic E-state index is 0.0743. The molecule has 5 aliphatic rings. The Morgan fingerprint density at radius 3 is 1.70 bits per heavy atom. The first-order valence-corrected chi connectivity index (χ1v) is 31.9. The second-order valence-electron chi connectivity index (χ2n) is 23.4. The fourth-order valence-corrected chi connectivity index (χ4v) is 11.6. The van der Waals surface area contributed by atoms with Crippen LogP contribution in [-0.2, 0) is 40.0 Å². The van der Waals surface area contributed by atoms with Gasteiger partial charge in [-0.05, 0) is 182 Å². The molecule has 0 saturated heterocycles. The molecule has 5 aliphatic heterocycles. The number of benzene rings is 7. The number of carbonyl (C=O) groups excluding carboxylic acids is 7. The average molecular weight is 1390 g/mol. The van der Waals surface area contributed by atoms with E-state index in [0.29, 0.717) is 31.6 Å². The summed E-state index contributed by atoms with van der Waals surface area (Å²) < 4.78 is 18.6. The summed E-state index contributed by atoms with van der Waals surface area (Å²) in [5.74, 6) is -12.6. The number of aromatic hydroxyl groups is 6. The molecule has 0 aromatic heterocycles. The van der Waals surface area contributed by atoms with Crippen LogP contribution in [-0.4, -0.2) is 128 Å². The predicted octanol–water partition coefficient (Wildman–Crippen LogP) is 4.73. The number of fused-ring (bicyclic) bond motifs is 15. The van der Waals surface area contributed by atoms with Crippen LogP contribution in [0.1, 0.15) is 101 Å². The molecule has 28 nitrogen and oxygen atoms in total. The van der Waals surface area contributed by atoms with E-state index in [1.165, 1.54) is 72.8 Å². The van der Waals surface area contributed by atoms with Gasteiger partial charge in [-0.15, -0.1) is 0 Å². The lowest BCUT2D eigenvalue weighted by molar-refractivity contribution is -0.137. The Hall–Kier alpha value is -10.6. The largest absolute Gasteiger partial charge is 0.508 e. The third kappa shape index (κ3) is 17.1. The first-order valence-electron chi connectivity index (χ1n) is 31.1. The van der Waals surface area contributed by atoms with Gasteiger partial charge in [-0.2, -0.15) is 0 Å². The second-order valence-corrected chi connectivity index (χ2v) is 24.2. The minimum atomic E-state index is -2.15. The molecule has 20 N–H and O–H groups in total. The lowest BCUT2D eigenvalue weighted by atomic mass is 9.97. The number of phenols is 6. The Labute approximate surface area is 570 Å². The van der Waals surface area contributed by atoms with E-state index < -0.39 is 130 Å². The predicted molar refractivity (Wildman–Crippen MR) is 355 cm³/mol. The molecule has 8 atom stereocenters. The van der Waals surface area contributed by atoms with Crippen LogP contribution in [0.4, 0.5) is 0 Å². The molecule has 98 heavy (non-hydrogen) atoms.